The van der Waals surface area contributed by atoms with Crippen LogP contribution in [0.15, 0.2) is 12.1 Å². The highest BCUT2D eigenvalue weighted by Gasteiger charge is 2.23. The lowest BCUT2D eigenvalue weighted by atomic mass is 9.92. The van der Waals surface area contributed by atoms with E-state index in [0.717, 1.165) is 43.1 Å². The van der Waals surface area contributed by atoms with Gasteiger partial charge in [-0.25, -0.2) is 0 Å². The Bertz CT molecular complexity index is 575. The molecule has 1 aliphatic heterocycles. The molecule has 0 spiro atoms. The Hall–Kier alpha value is -1.49. The van der Waals surface area contributed by atoms with Gasteiger partial charge in [0, 0.05) is 11.3 Å². The molecular formula is C14H21N5. The van der Waals surface area contributed by atoms with E-state index in [0.29, 0.717) is 5.92 Å². The maximum atomic E-state index is 4.75. The molecule has 1 fully saturated rings. The van der Waals surface area contributed by atoms with Gasteiger partial charge in [-0.05, 0) is 38.1 Å². The van der Waals surface area contributed by atoms with E-state index in [-0.39, 0.29) is 5.41 Å². The molecule has 0 aromatic carbocycles. The first-order chi connectivity index (χ1) is 9.05. The van der Waals surface area contributed by atoms with E-state index >= 15 is 0 Å². The average Bonchev–Trinajstić information content (AvgIpc) is 2.81. The van der Waals surface area contributed by atoms with Gasteiger partial charge in [-0.3, -0.25) is 0 Å². The Morgan fingerprint density at radius 3 is 2.58 bits per heavy atom. The first-order valence-corrected chi connectivity index (χ1v) is 6.99. The topological polar surface area (TPSA) is 55.1 Å². The highest BCUT2D eigenvalue weighted by Crippen LogP contribution is 2.25. The van der Waals surface area contributed by atoms with Crippen molar-refractivity contribution in [1.82, 2.24) is 25.1 Å². The third kappa shape index (κ3) is 2.34. The lowest BCUT2D eigenvalue weighted by molar-refractivity contribution is 0.436. The van der Waals surface area contributed by atoms with Crippen LogP contribution in [0.1, 0.15) is 51.0 Å². The maximum absolute atomic E-state index is 4.75. The molecule has 3 heterocycles. The molecule has 0 bridgehead atoms. The molecule has 19 heavy (non-hydrogen) atoms. The van der Waals surface area contributed by atoms with E-state index in [1.807, 2.05) is 10.6 Å². The Balaban J connectivity index is 2.05. The summed E-state index contributed by atoms with van der Waals surface area (Å²) >= 11 is 0. The van der Waals surface area contributed by atoms with Gasteiger partial charge in [0.1, 0.15) is 0 Å². The van der Waals surface area contributed by atoms with Gasteiger partial charge < -0.3 is 5.32 Å². The quantitative estimate of drug-likeness (QED) is 0.849. The van der Waals surface area contributed by atoms with Crippen LogP contribution in [0, 0.1) is 0 Å². The fourth-order valence-corrected chi connectivity index (χ4v) is 2.54. The zero-order valence-corrected chi connectivity index (χ0v) is 11.8. The van der Waals surface area contributed by atoms with Crippen LogP contribution >= 0.6 is 0 Å². The first-order valence-electron chi connectivity index (χ1n) is 6.99. The summed E-state index contributed by atoms with van der Waals surface area (Å²) in [6.07, 6.45) is 2.23. The number of rotatable bonds is 1. The van der Waals surface area contributed by atoms with Crippen LogP contribution in [0.4, 0.5) is 0 Å². The van der Waals surface area contributed by atoms with Crippen molar-refractivity contribution in [3.05, 3.63) is 23.7 Å². The van der Waals surface area contributed by atoms with E-state index in [4.69, 9.17) is 5.10 Å². The van der Waals surface area contributed by atoms with E-state index in [1.165, 1.54) is 0 Å². The van der Waals surface area contributed by atoms with Crippen molar-refractivity contribution < 1.29 is 0 Å². The minimum absolute atomic E-state index is 0.0455. The molecule has 0 unspecified atom stereocenters. The molecule has 1 aliphatic rings. The largest absolute Gasteiger partial charge is 0.317 e. The van der Waals surface area contributed by atoms with Gasteiger partial charge in [0.15, 0.2) is 11.5 Å². The zero-order chi connectivity index (χ0) is 13.5. The lowest BCUT2D eigenvalue weighted by Crippen LogP contribution is -2.28. The molecule has 3 rings (SSSR count). The smallest absolute Gasteiger partial charge is 0.177 e. The summed E-state index contributed by atoms with van der Waals surface area (Å²) in [5.74, 6) is 1.49. The van der Waals surface area contributed by atoms with E-state index in [9.17, 15) is 0 Å². The zero-order valence-electron chi connectivity index (χ0n) is 11.8. The number of nitrogens with zero attached hydrogens (tertiary/aromatic N) is 4. The molecule has 1 N–H and O–H groups in total. The van der Waals surface area contributed by atoms with Gasteiger partial charge in [0.2, 0.25) is 0 Å². The van der Waals surface area contributed by atoms with Crippen molar-refractivity contribution in [1.29, 1.82) is 0 Å². The number of fused-ring (bicyclic) bond motifs is 1. The van der Waals surface area contributed by atoms with E-state index < -0.39 is 0 Å². The van der Waals surface area contributed by atoms with E-state index in [2.05, 4.69) is 42.4 Å². The van der Waals surface area contributed by atoms with Crippen LogP contribution in [0.5, 0.6) is 0 Å². The Morgan fingerprint density at radius 2 is 1.89 bits per heavy atom. The second kappa shape index (κ2) is 4.56. The fraction of sp³-hybridized carbons (Fsp3) is 0.643. The molecule has 102 valence electrons. The number of piperidine rings is 1. The third-order valence-corrected chi connectivity index (χ3v) is 3.76. The Morgan fingerprint density at radius 1 is 1.16 bits per heavy atom. The van der Waals surface area contributed by atoms with Gasteiger partial charge in [-0.2, -0.15) is 9.61 Å². The summed E-state index contributed by atoms with van der Waals surface area (Å²) in [5.41, 5.74) is 1.97. The SMILES string of the molecule is CC(C)(C)c1ccc2nnc(C3CCNCC3)n2n1. The lowest BCUT2D eigenvalue weighted by Gasteiger charge is -2.21. The van der Waals surface area contributed by atoms with E-state index in [1.54, 1.807) is 0 Å². The van der Waals surface area contributed by atoms with Crippen molar-refractivity contribution in [2.24, 2.45) is 0 Å². The highest BCUT2D eigenvalue weighted by atomic mass is 15.4. The normalized spacial score (nSPS) is 18.1. The Labute approximate surface area is 113 Å². The molecule has 0 atom stereocenters. The summed E-state index contributed by atoms with van der Waals surface area (Å²) in [6, 6.07) is 4.07. The second-order valence-corrected chi connectivity index (χ2v) is 6.32. The van der Waals surface area contributed by atoms with Crippen LogP contribution in [0.2, 0.25) is 0 Å². The van der Waals surface area contributed by atoms with Gasteiger partial charge >= 0.3 is 0 Å². The second-order valence-electron chi connectivity index (χ2n) is 6.32. The summed E-state index contributed by atoms with van der Waals surface area (Å²) in [6.45, 7) is 8.64. The van der Waals surface area contributed by atoms with Crippen molar-refractivity contribution in [3.63, 3.8) is 0 Å². The molecule has 5 heteroatoms. The average molecular weight is 259 g/mol. The fourth-order valence-electron chi connectivity index (χ4n) is 2.54. The molecule has 0 aliphatic carbocycles. The van der Waals surface area contributed by atoms with Crippen molar-refractivity contribution in [3.8, 4) is 0 Å². The summed E-state index contributed by atoms with van der Waals surface area (Å²) in [5, 5.41) is 16.7. The predicted molar refractivity (Wildman–Crippen MR) is 74.3 cm³/mol. The van der Waals surface area contributed by atoms with Crippen molar-refractivity contribution in [2.75, 3.05) is 13.1 Å². The van der Waals surface area contributed by atoms with Gasteiger partial charge in [-0.15, -0.1) is 10.2 Å². The molecular weight excluding hydrogens is 238 g/mol. The number of nitrogens with one attached hydrogen (secondary N) is 1. The van der Waals surface area contributed by atoms with Crippen LogP contribution in [-0.4, -0.2) is 32.9 Å². The molecule has 1 saturated heterocycles. The van der Waals surface area contributed by atoms with Crippen LogP contribution < -0.4 is 5.32 Å². The molecule has 2 aromatic heterocycles. The Kier molecular flexibility index (Phi) is 3.01. The van der Waals surface area contributed by atoms with Crippen molar-refractivity contribution >= 4 is 5.65 Å². The van der Waals surface area contributed by atoms with Crippen LogP contribution in [0.3, 0.4) is 0 Å². The molecule has 0 amide bonds. The maximum Gasteiger partial charge on any atom is 0.177 e. The highest BCUT2D eigenvalue weighted by molar-refractivity contribution is 5.37. The van der Waals surface area contributed by atoms with Gasteiger partial charge in [-0.1, -0.05) is 20.8 Å². The minimum atomic E-state index is 0.0455. The number of hydrogen-bond donors (Lipinski definition) is 1. The monoisotopic (exact) mass is 259 g/mol. The van der Waals surface area contributed by atoms with Crippen LogP contribution in [0.25, 0.3) is 5.65 Å². The molecule has 2 aromatic rings. The standard InChI is InChI=1S/C14H21N5/c1-14(2,3)11-4-5-12-16-17-13(19(12)18-11)10-6-8-15-9-7-10/h4-5,10,15H,6-9H2,1-3H3. The van der Waals surface area contributed by atoms with Crippen LogP contribution in [-0.2, 0) is 5.41 Å². The minimum Gasteiger partial charge on any atom is -0.317 e. The van der Waals surface area contributed by atoms with Gasteiger partial charge in [0.25, 0.3) is 0 Å². The number of aromatic nitrogens is 4. The first kappa shape index (κ1) is 12.5. The van der Waals surface area contributed by atoms with Gasteiger partial charge in [0.05, 0.1) is 5.69 Å². The van der Waals surface area contributed by atoms with Crippen molar-refractivity contribution in [2.45, 2.75) is 44.9 Å². The number of hydrogen-bond acceptors (Lipinski definition) is 4. The summed E-state index contributed by atoms with van der Waals surface area (Å²) < 4.78 is 1.94. The predicted octanol–water partition coefficient (Wildman–Crippen LogP) is 1.89. The third-order valence-electron chi connectivity index (χ3n) is 3.76. The molecule has 0 radical (unpaired) electrons. The molecule has 0 saturated carbocycles. The summed E-state index contributed by atoms with van der Waals surface area (Å²) in [4.78, 5) is 0. The molecule has 5 nitrogen and oxygen atoms in total. The summed E-state index contributed by atoms with van der Waals surface area (Å²) in [7, 11) is 0.